The summed E-state index contributed by atoms with van der Waals surface area (Å²) < 4.78 is 5.21. The third kappa shape index (κ3) is 10.4. The first-order valence-corrected chi connectivity index (χ1v) is 9.25. The number of nitrogens with one attached hydrogen (secondary N) is 1. The van der Waals surface area contributed by atoms with E-state index in [4.69, 9.17) is 15.6 Å². The molecule has 0 aliphatic heterocycles. The van der Waals surface area contributed by atoms with Crippen LogP contribution in [0.5, 0.6) is 0 Å². The monoisotopic (exact) mass is 366 g/mol. The van der Waals surface area contributed by atoms with Crippen molar-refractivity contribution in [2.24, 2.45) is 16.6 Å². The molecule has 0 heterocycles. The second-order valence-corrected chi connectivity index (χ2v) is 8.69. The normalized spacial score (nSPS) is 13.9. The third-order valence-corrected chi connectivity index (χ3v) is 4.27. The molecule has 0 saturated carbocycles. The molecule has 1 aromatic carbocycles. The van der Waals surface area contributed by atoms with Crippen molar-refractivity contribution in [3.63, 3.8) is 0 Å². The lowest BCUT2D eigenvalue weighted by Gasteiger charge is -2.30. The summed E-state index contributed by atoms with van der Waals surface area (Å²) in [6.07, 6.45) is 0.546. The smallest absolute Gasteiger partial charge is 0.407 e. The predicted molar refractivity (Wildman–Crippen MR) is 108 cm³/mol. The minimum atomic E-state index is -0.347. The topological polar surface area (TPSA) is 84.6 Å². The highest BCUT2D eigenvalue weighted by Crippen LogP contribution is 2.21. The van der Waals surface area contributed by atoms with Crippen molar-refractivity contribution in [1.82, 2.24) is 5.32 Å². The third-order valence-electron chi connectivity index (χ3n) is 4.27. The van der Waals surface area contributed by atoms with Crippen LogP contribution in [-0.4, -0.2) is 29.9 Å². The van der Waals surface area contributed by atoms with Gasteiger partial charge in [0.1, 0.15) is 6.61 Å². The molecule has 1 amide bonds. The lowest BCUT2D eigenvalue weighted by molar-refractivity contribution is 0.125. The zero-order valence-electron chi connectivity index (χ0n) is 17.5. The number of alkyl carbamates (subject to hydrolysis) is 1. The largest absolute Gasteiger partial charge is 0.445 e. The van der Waals surface area contributed by atoms with Crippen LogP contribution in [0.3, 0.4) is 0 Å². The molecule has 2 atom stereocenters. The van der Waals surface area contributed by atoms with Gasteiger partial charge >= 0.3 is 6.09 Å². The first kappa shape index (κ1) is 24.4. The van der Waals surface area contributed by atoms with Gasteiger partial charge in [-0.05, 0) is 22.8 Å². The number of benzene rings is 1. The number of hydrogen-bond donors (Lipinski definition) is 3. The number of nitrogens with two attached hydrogens (primary N) is 1. The summed E-state index contributed by atoms with van der Waals surface area (Å²) in [7, 11) is 0. The van der Waals surface area contributed by atoms with Crippen molar-refractivity contribution >= 4 is 6.09 Å². The Kier molecular flexibility index (Phi) is 10.5. The molecule has 5 nitrogen and oxygen atoms in total. The van der Waals surface area contributed by atoms with Gasteiger partial charge in [-0.2, -0.15) is 0 Å². The molecule has 0 aliphatic rings. The van der Waals surface area contributed by atoms with Gasteiger partial charge in [-0.3, -0.25) is 0 Å². The van der Waals surface area contributed by atoms with E-state index >= 15 is 0 Å². The zero-order chi connectivity index (χ0) is 20.4. The summed E-state index contributed by atoms with van der Waals surface area (Å²) in [5.41, 5.74) is 6.58. The molecule has 4 N–H and O–H groups in total. The molecule has 0 unspecified atom stereocenters. The van der Waals surface area contributed by atoms with Gasteiger partial charge in [0, 0.05) is 12.1 Å². The number of ether oxygens (including phenoxy) is 1. The summed E-state index contributed by atoms with van der Waals surface area (Å²) in [4.78, 5) is 11.7. The molecule has 0 fully saturated rings. The van der Waals surface area contributed by atoms with Gasteiger partial charge in [0.2, 0.25) is 0 Å². The minimum absolute atomic E-state index is 0.0365. The van der Waals surface area contributed by atoms with Gasteiger partial charge < -0.3 is 20.9 Å². The van der Waals surface area contributed by atoms with Gasteiger partial charge in [0.25, 0.3) is 0 Å². The highest BCUT2D eigenvalue weighted by molar-refractivity contribution is 5.67. The number of carbonyl (C=O) groups excluding carboxylic acids is 1. The zero-order valence-corrected chi connectivity index (χ0v) is 17.5. The molecule has 5 heteroatoms. The quantitative estimate of drug-likeness (QED) is 0.733. The van der Waals surface area contributed by atoms with Crippen molar-refractivity contribution in [2.75, 3.05) is 6.61 Å². The molecule has 0 bridgehead atoms. The van der Waals surface area contributed by atoms with Crippen molar-refractivity contribution in [3.8, 4) is 0 Å². The molecule has 0 aliphatic carbocycles. The van der Waals surface area contributed by atoms with Crippen LogP contribution >= 0.6 is 0 Å². The van der Waals surface area contributed by atoms with Gasteiger partial charge in [-0.25, -0.2) is 4.79 Å². The van der Waals surface area contributed by atoms with Gasteiger partial charge in [0.05, 0.1) is 6.61 Å². The van der Waals surface area contributed by atoms with E-state index in [0.717, 1.165) is 12.0 Å². The number of amides is 1. The van der Waals surface area contributed by atoms with E-state index in [2.05, 4.69) is 33.0 Å². The Hall–Kier alpha value is -1.59. The molecular weight excluding hydrogens is 328 g/mol. The summed E-state index contributed by atoms with van der Waals surface area (Å²) >= 11 is 0. The van der Waals surface area contributed by atoms with Gasteiger partial charge in [-0.15, -0.1) is 0 Å². The number of hydrogen-bond acceptors (Lipinski definition) is 4. The van der Waals surface area contributed by atoms with Crippen molar-refractivity contribution in [3.05, 3.63) is 35.9 Å². The summed E-state index contributed by atoms with van der Waals surface area (Å²) in [5, 5.41) is 11.5. The Morgan fingerprint density at radius 2 is 1.65 bits per heavy atom. The van der Waals surface area contributed by atoms with E-state index in [9.17, 15) is 4.79 Å². The maximum absolute atomic E-state index is 11.7. The van der Waals surface area contributed by atoms with Crippen LogP contribution in [0.4, 0.5) is 4.79 Å². The fraction of sp³-hybridized carbons (Fsp3) is 0.667. The van der Waals surface area contributed by atoms with E-state index in [1.54, 1.807) is 0 Å². The van der Waals surface area contributed by atoms with E-state index < -0.39 is 0 Å². The highest BCUT2D eigenvalue weighted by atomic mass is 16.5. The number of aliphatic hydroxyl groups excluding tert-OH is 1. The number of carbonyl (C=O) groups is 1. The van der Waals surface area contributed by atoms with E-state index in [1.807, 2.05) is 51.1 Å². The Labute approximate surface area is 159 Å². The lowest BCUT2D eigenvalue weighted by atomic mass is 9.85. The average molecular weight is 367 g/mol. The minimum Gasteiger partial charge on any atom is -0.445 e. The highest BCUT2D eigenvalue weighted by Gasteiger charge is 2.24. The van der Waals surface area contributed by atoms with Crippen LogP contribution < -0.4 is 11.1 Å². The average Bonchev–Trinajstić information content (AvgIpc) is 2.56. The number of rotatable bonds is 5. The van der Waals surface area contributed by atoms with E-state index in [1.165, 1.54) is 0 Å². The van der Waals surface area contributed by atoms with Crippen LogP contribution in [0.25, 0.3) is 0 Å². The van der Waals surface area contributed by atoms with Crippen molar-refractivity contribution < 1.29 is 14.6 Å². The van der Waals surface area contributed by atoms with E-state index in [-0.39, 0.29) is 35.6 Å². The maximum atomic E-state index is 11.7. The number of aliphatic hydroxyl groups is 1. The van der Waals surface area contributed by atoms with Gasteiger partial charge in [-0.1, -0.05) is 78.8 Å². The molecular formula is C21H38N2O3. The first-order valence-electron chi connectivity index (χ1n) is 9.25. The summed E-state index contributed by atoms with van der Waals surface area (Å²) in [6.45, 7) is 14.8. The molecule has 0 radical (unpaired) electrons. The maximum Gasteiger partial charge on any atom is 0.407 e. The predicted octanol–water partition coefficient (Wildman–Crippen LogP) is 4.09. The SMILES string of the molecule is CC(C)(C)[C@H](N)CO.CC[C@@H](NC(=O)OCc1ccccc1)C(C)(C)C. The lowest BCUT2D eigenvalue weighted by Crippen LogP contribution is -2.43. The van der Waals surface area contributed by atoms with Crippen LogP contribution in [0.2, 0.25) is 0 Å². The molecule has 1 aromatic rings. The Balaban J connectivity index is 0.000000660. The van der Waals surface area contributed by atoms with Crippen LogP contribution in [0.1, 0.15) is 60.5 Å². The Morgan fingerprint density at radius 1 is 1.12 bits per heavy atom. The Bertz CT molecular complexity index is 504. The molecule has 0 aromatic heterocycles. The fourth-order valence-electron chi connectivity index (χ4n) is 2.11. The summed E-state index contributed by atoms with van der Waals surface area (Å²) in [6, 6.07) is 9.71. The molecule has 0 spiro atoms. The van der Waals surface area contributed by atoms with Crippen LogP contribution in [0, 0.1) is 10.8 Å². The van der Waals surface area contributed by atoms with Crippen molar-refractivity contribution in [1.29, 1.82) is 0 Å². The van der Waals surface area contributed by atoms with Gasteiger partial charge in [0.15, 0.2) is 0 Å². The van der Waals surface area contributed by atoms with Crippen molar-refractivity contribution in [2.45, 2.75) is 73.6 Å². The molecule has 26 heavy (non-hydrogen) atoms. The second kappa shape index (κ2) is 11.2. The molecule has 150 valence electrons. The summed E-state index contributed by atoms with van der Waals surface area (Å²) in [5.74, 6) is 0. The molecule has 1 rings (SSSR count). The Morgan fingerprint density at radius 3 is 2.00 bits per heavy atom. The molecule has 0 saturated heterocycles. The second-order valence-electron chi connectivity index (χ2n) is 8.69. The van der Waals surface area contributed by atoms with Crippen LogP contribution in [-0.2, 0) is 11.3 Å². The fourth-order valence-corrected chi connectivity index (χ4v) is 2.11. The standard InChI is InChI=1S/C15H23NO2.C6H15NO/c1-5-13(15(2,3)4)16-14(17)18-11-12-9-7-6-8-10-12;1-6(2,3)5(7)4-8/h6-10,13H,5,11H2,1-4H3,(H,16,17);5,8H,4,7H2,1-3H3/t13-;5-/m11/s1. The first-order chi connectivity index (χ1) is 11.9. The van der Waals surface area contributed by atoms with E-state index in [0.29, 0.717) is 6.61 Å². The van der Waals surface area contributed by atoms with Crippen LogP contribution in [0.15, 0.2) is 30.3 Å².